The fourth-order valence-corrected chi connectivity index (χ4v) is 3.25. The van der Waals surface area contributed by atoms with Crippen molar-refractivity contribution in [3.05, 3.63) is 48.2 Å². The number of hydrogen-bond donors (Lipinski definition) is 1. The highest BCUT2D eigenvalue weighted by molar-refractivity contribution is 5.87. The summed E-state index contributed by atoms with van der Waals surface area (Å²) in [7, 11) is 2.04. The highest BCUT2D eigenvalue weighted by Crippen LogP contribution is 2.23. The van der Waals surface area contributed by atoms with E-state index < -0.39 is 5.97 Å². The molecule has 0 amide bonds. The monoisotopic (exact) mass is 337 g/mol. The molecule has 25 heavy (non-hydrogen) atoms. The number of piperazine rings is 1. The van der Waals surface area contributed by atoms with Crippen LogP contribution in [0.4, 0.5) is 11.8 Å². The lowest BCUT2D eigenvalue weighted by Gasteiger charge is -2.35. The van der Waals surface area contributed by atoms with Gasteiger partial charge in [0, 0.05) is 39.4 Å². The van der Waals surface area contributed by atoms with Gasteiger partial charge in [-0.25, -0.2) is 14.8 Å². The summed E-state index contributed by atoms with van der Waals surface area (Å²) >= 11 is 0. The topological polar surface area (TPSA) is 74.5 Å². The molecule has 0 bridgehead atoms. The molecule has 1 aromatic carbocycles. The number of benzene rings is 1. The second-order valence-electron chi connectivity index (χ2n) is 6.14. The zero-order chi connectivity index (χ0) is 17.4. The van der Waals surface area contributed by atoms with Crippen molar-refractivity contribution in [3.8, 4) is 0 Å². The lowest BCUT2D eigenvalue weighted by Crippen LogP contribution is -2.47. The van der Waals surface area contributed by atoms with Crippen molar-refractivity contribution in [2.75, 3.05) is 36.0 Å². The minimum Gasteiger partial charge on any atom is -0.478 e. The predicted octanol–water partition coefficient (Wildman–Crippen LogP) is 1.99. The summed E-state index contributed by atoms with van der Waals surface area (Å²) in [6.45, 7) is 3.34. The molecule has 7 nitrogen and oxygen atoms in total. The van der Waals surface area contributed by atoms with E-state index in [1.54, 1.807) is 12.1 Å². The average molecular weight is 337 g/mol. The molecule has 0 aliphatic carbocycles. The molecule has 1 aliphatic rings. The molecule has 1 N–H and O–H groups in total. The quantitative estimate of drug-likeness (QED) is 0.788. The summed E-state index contributed by atoms with van der Waals surface area (Å²) in [6.07, 6.45) is 1.41. The van der Waals surface area contributed by atoms with Gasteiger partial charge in [-0.05, 0) is 24.3 Å². The molecular weight excluding hydrogens is 318 g/mol. The highest BCUT2D eigenvalue weighted by atomic mass is 16.4. The summed E-state index contributed by atoms with van der Waals surface area (Å²) in [4.78, 5) is 24.4. The van der Waals surface area contributed by atoms with Crippen LogP contribution in [0.5, 0.6) is 0 Å². The number of nitrogens with zero attached hydrogens (tertiary/aromatic N) is 5. The molecule has 2 aromatic heterocycles. The maximum atomic E-state index is 10.9. The maximum absolute atomic E-state index is 10.9. The Hall–Kier alpha value is -3.09. The number of aromatic nitrogens is 3. The number of carbonyl (C=O) groups is 1. The van der Waals surface area contributed by atoms with Crippen molar-refractivity contribution in [3.63, 3.8) is 0 Å². The average Bonchev–Trinajstić information content (AvgIpc) is 2.99. The number of imidazole rings is 1. The number of carboxylic acid groups (broad SMARTS) is 1. The normalized spacial score (nSPS) is 14.9. The lowest BCUT2D eigenvalue weighted by atomic mass is 10.2. The van der Waals surface area contributed by atoms with Gasteiger partial charge in [0.2, 0.25) is 5.95 Å². The first-order valence-corrected chi connectivity index (χ1v) is 8.24. The predicted molar refractivity (Wildman–Crippen MR) is 96.3 cm³/mol. The minimum absolute atomic E-state index is 0.210. The first kappa shape index (κ1) is 15.4. The smallest absolute Gasteiger partial charge is 0.337 e. The van der Waals surface area contributed by atoms with E-state index >= 15 is 0 Å². The zero-order valence-electron chi connectivity index (χ0n) is 14.0. The molecule has 3 heterocycles. The molecule has 0 unspecified atom stereocenters. The number of para-hydroxylation sites is 2. The van der Waals surface area contributed by atoms with Gasteiger partial charge in [0.25, 0.3) is 0 Å². The van der Waals surface area contributed by atoms with E-state index in [-0.39, 0.29) is 5.56 Å². The molecule has 1 fully saturated rings. The van der Waals surface area contributed by atoms with E-state index in [1.807, 2.05) is 25.2 Å². The SMILES string of the molecule is Cn1c(N2CCN(c3ccc(C(=O)O)cn3)CC2)nc2ccccc21. The van der Waals surface area contributed by atoms with Crippen molar-refractivity contribution in [1.29, 1.82) is 0 Å². The second kappa shape index (κ2) is 6.08. The van der Waals surface area contributed by atoms with Crippen LogP contribution in [0.2, 0.25) is 0 Å². The summed E-state index contributed by atoms with van der Waals surface area (Å²) in [5.41, 5.74) is 2.35. The number of fused-ring (bicyclic) bond motifs is 1. The second-order valence-corrected chi connectivity index (χ2v) is 6.14. The number of pyridine rings is 1. The summed E-state index contributed by atoms with van der Waals surface area (Å²) in [6, 6.07) is 11.5. The molecule has 1 aliphatic heterocycles. The van der Waals surface area contributed by atoms with Crippen LogP contribution in [0.25, 0.3) is 11.0 Å². The lowest BCUT2D eigenvalue weighted by molar-refractivity contribution is 0.0696. The Kier molecular flexibility index (Phi) is 3.76. The largest absolute Gasteiger partial charge is 0.478 e. The number of carboxylic acids is 1. The van der Waals surface area contributed by atoms with Crippen LogP contribution in [0, 0.1) is 0 Å². The number of aromatic carboxylic acids is 1. The van der Waals surface area contributed by atoms with Gasteiger partial charge in [-0.3, -0.25) is 0 Å². The highest BCUT2D eigenvalue weighted by Gasteiger charge is 2.22. The molecule has 0 spiro atoms. The molecule has 1 saturated heterocycles. The Morgan fingerprint density at radius 2 is 1.76 bits per heavy atom. The van der Waals surface area contributed by atoms with E-state index in [1.165, 1.54) is 6.20 Å². The van der Waals surface area contributed by atoms with Crippen molar-refractivity contribution in [2.24, 2.45) is 7.05 Å². The fraction of sp³-hybridized carbons (Fsp3) is 0.278. The van der Waals surface area contributed by atoms with Crippen LogP contribution in [0.15, 0.2) is 42.6 Å². The Labute approximate surface area is 145 Å². The minimum atomic E-state index is -0.953. The summed E-state index contributed by atoms with van der Waals surface area (Å²) in [5, 5.41) is 8.96. The first-order chi connectivity index (χ1) is 12.1. The maximum Gasteiger partial charge on any atom is 0.337 e. The third kappa shape index (κ3) is 2.77. The van der Waals surface area contributed by atoms with Gasteiger partial charge in [-0.1, -0.05) is 12.1 Å². The Morgan fingerprint density at radius 1 is 1.04 bits per heavy atom. The molecule has 4 rings (SSSR count). The molecule has 128 valence electrons. The van der Waals surface area contributed by atoms with Gasteiger partial charge >= 0.3 is 5.97 Å². The van der Waals surface area contributed by atoms with E-state index in [4.69, 9.17) is 10.1 Å². The van der Waals surface area contributed by atoms with Crippen LogP contribution in [0.1, 0.15) is 10.4 Å². The third-order valence-electron chi connectivity index (χ3n) is 4.64. The number of hydrogen-bond acceptors (Lipinski definition) is 5. The number of aryl methyl sites for hydroxylation is 1. The van der Waals surface area contributed by atoms with Crippen LogP contribution >= 0.6 is 0 Å². The molecular formula is C18H19N5O2. The first-order valence-electron chi connectivity index (χ1n) is 8.24. The molecule has 0 radical (unpaired) electrons. The van der Waals surface area contributed by atoms with Crippen molar-refractivity contribution >= 4 is 28.8 Å². The molecule has 3 aromatic rings. The van der Waals surface area contributed by atoms with Crippen molar-refractivity contribution in [1.82, 2.24) is 14.5 Å². The van der Waals surface area contributed by atoms with Crippen molar-refractivity contribution < 1.29 is 9.90 Å². The number of rotatable bonds is 3. The van der Waals surface area contributed by atoms with E-state index in [0.717, 1.165) is 49.0 Å². The molecule has 0 saturated carbocycles. The van der Waals surface area contributed by atoms with Crippen LogP contribution in [-0.2, 0) is 7.05 Å². The van der Waals surface area contributed by atoms with Crippen LogP contribution in [-0.4, -0.2) is 51.8 Å². The van der Waals surface area contributed by atoms with E-state index in [9.17, 15) is 4.79 Å². The zero-order valence-corrected chi connectivity index (χ0v) is 14.0. The summed E-state index contributed by atoms with van der Waals surface area (Å²) in [5.74, 6) is 0.843. The Bertz CT molecular complexity index is 911. The standard InChI is InChI=1S/C18H19N5O2/c1-21-15-5-3-2-4-14(15)20-18(21)23-10-8-22(9-11-23)16-7-6-13(12-19-16)17(24)25/h2-7,12H,8-11H2,1H3,(H,24,25). The van der Waals surface area contributed by atoms with Crippen LogP contribution < -0.4 is 9.80 Å². The van der Waals surface area contributed by atoms with Gasteiger partial charge in [-0.2, -0.15) is 0 Å². The van der Waals surface area contributed by atoms with Gasteiger partial charge in [0.1, 0.15) is 5.82 Å². The third-order valence-corrected chi connectivity index (χ3v) is 4.64. The van der Waals surface area contributed by atoms with Gasteiger partial charge in [-0.15, -0.1) is 0 Å². The van der Waals surface area contributed by atoms with E-state index in [0.29, 0.717) is 0 Å². The van der Waals surface area contributed by atoms with E-state index in [2.05, 4.69) is 25.4 Å². The molecule has 7 heteroatoms. The fourth-order valence-electron chi connectivity index (χ4n) is 3.25. The van der Waals surface area contributed by atoms with Gasteiger partial charge < -0.3 is 19.5 Å². The number of anilines is 2. The molecule has 0 atom stereocenters. The Balaban J connectivity index is 1.49. The summed E-state index contributed by atoms with van der Waals surface area (Å²) < 4.78 is 2.13. The van der Waals surface area contributed by atoms with Crippen LogP contribution in [0.3, 0.4) is 0 Å². The van der Waals surface area contributed by atoms with Crippen molar-refractivity contribution in [2.45, 2.75) is 0 Å². The van der Waals surface area contributed by atoms with Gasteiger partial charge in [0.15, 0.2) is 0 Å². The van der Waals surface area contributed by atoms with Gasteiger partial charge in [0.05, 0.1) is 16.6 Å². The Morgan fingerprint density at radius 3 is 2.40 bits per heavy atom.